The Kier molecular flexibility index (Phi) is 4.06. The minimum atomic E-state index is 0.581. The maximum Gasteiger partial charge on any atom is 0.119 e. The van der Waals surface area contributed by atoms with Crippen molar-refractivity contribution in [3.05, 3.63) is 42.5 Å². The van der Waals surface area contributed by atoms with Gasteiger partial charge in [-0.3, -0.25) is 0 Å². The van der Waals surface area contributed by atoms with Crippen LogP contribution >= 0.6 is 0 Å². The van der Waals surface area contributed by atoms with Crippen molar-refractivity contribution in [3.63, 3.8) is 0 Å². The lowest BCUT2D eigenvalue weighted by Gasteiger charge is -2.03. The summed E-state index contributed by atoms with van der Waals surface area (Å²) in [4.78, 5) is 0. The van der Waals surface area contributed by atoms with Gasteiger partial charge in [-0.2, -0.15) is 0 Å². The van der Waals surface area contributed by atoms with Crippen molar-refractivity contribution in [1.29, 1.82) is 0 Å². The van der Waals surface area contributed by atoms with Crippen LogP contribution < -0.4 is 4.74 Å². The summed E-state index contributed by atoms with van der Waals surface area (Å²) >= 11 is 0. The zero-order valence-electron chi connectivity index (χ0n) is 7.82. The Labute approximate surface area is 78.8 Å². The normalized spacial score (nSPS) is 9.62. The second-order valence-corrected chi connectivity index (χ2v) is 2.66. The maximum absolute atomic E-state index is 5.29. The molecule has 0 aromatic heterocycles. The smallest absolute Gasteiger partial charge is 0.119 e. The van der Waals surface area contributed by atoms with Crippen LogP contribution in [-0.2, 0) is 11.3 Å². The summed E-state index contributed by atoms with van der Waals surface area (Å²) in [6.45, 7) is 4.76. The molecule has 0 spiro atoms. The van der Waals surface area contributed by atoms with Gasteiger partial charge in [-0.25, -0.2) is 0 Å². The van der Waals surface area contributed by atoms with E-state index in [-0.39, 0.29) is 0 Å². The van der Waals surface area contributed by atoms with Crippen molar-refractivity contribution < 1.29 is 9.47 Å². The van der Waals surface area contributed by atoms with Crippen LogP contribution in [0.4, 0.5) is 0 Å². The zero-order chi connectivity index (χ0) is 9.52. The number of methoxy groups -OCH3 is 1. The standard InChI is InChI=1S/C11H14O2/c1-3-7-13-9-10-5-4-6-11(8-10)12-2/h3-6,8H,1,7,9H2,2H3. The van der Waals surface area contributed by atoms with Gasteiger partial charge < -0.3 is 9.47 Å². The van der Waals surface area contributed by atoms with E-state index < -0.39 is 0 Å². The Morgan fingerprint density at radius 3 is 3.00 bits per heavy atom. The van der Waals surface area contributed by atoms with Crippen molar-refractivity contribution in [2.45, 2.75) is 6.61 Å². The summed E-state index contributed by atoms with van der Waals surface area (Å²) in [7, 11) is 1.66. The number of hydrogen-bond acceptors (Lipinski definition) is 2. The summed E-state index contributed by atoms with van der Waals surface area (Å²) in [6, 6.07) is 7.83. The van der Waals surface area contributed by atoms with E-state index in [0.717, 1.165) is 11.3 Å². The van der Waals surface area contributed by atoms with Crippen LogP contribution in [-0.4, -0.2) is 13.7 Å². The molecular weight excluding hydrogens is 164 g/mol. The molecule has 0 heterocycles. The predicted octanol–water partition coefficient (Wildman–Crippen LogP) is 2.40. The highest BCUT2D eigenvalue weighted by molar-refractivity contribution is 5.27. The SMILES string of the molecule is C=CCOCc1cccc(OC)c1. The molecule has 0 radical (unpaired) electrons. The molecule has 0 N–H and O–H groups in total. The third-order valence-electron chi connectivity index (χ3n) is 1.64. The van der Waals surface area contributed by atoms with E-state index in [1.54, 1.807) is 13.2 Å². The molecule has 0 aliphatic heterocycles. The minimum absolute atomic E-state index is 0.581. The Balaban J connectivity index is 2.50. The summed E-state index contributed by atoms with van der Waals surface area (Å²) in [5.41, 5.74) is 1.11. The Bertz CT molecular complexity index is 269. The quantitative estimate of drug-likeness (QED) is 0.509. The number of rotatable bonds is 5. The molecule has 0 unspecified atom stereocenters. The van der Waals surface area contributed by atoms with Crippen LogP contribution in [0.5, 0.6) is 5.75 Å². The molecule has 0 amide bonds. The molecule has 0 saturated carbocycles. The van der Waals surface area contributed by atoms with Gasteiger partial charge in [-0.05, 0) is 17.7 Å². The first-order chi connectivity index (χ1) is 6.36. The van der Waals surface area contributed by atoms with Gasteiger partial charge in [-0.15, -0.1) is 6.58 Å². The van der Waals surface area contributed by atoms with Gasteiger partial charge in [-0.1, -0.05) is 18.2 Å². The first-order valence-electron chi connectivity index (χ1n) is 4.18. The van der Waals surface area contributed by atoms with Crippen molar-refractivity contribution in [1.82, 2.24) is 0 Å². The fourth-order valence-corrected chi connectivity index (χ4v) is 1.02. The van der Waals surface area contributed by atoms with Crippen molar-refractivity contribution >= 4 is 0 Å². The van der Waals surface area contributed by atoms with Crippen LogP contribution in [0.15, 0.2) is 36.9 Å². The number of ether oxygens (including phenoxy) is 2. The molecule has 70 valence electrons. The lowest BCUT2D eigenvalue weighted by Crippen LogP contribution is -1.93. The Morgan fingerprint density at radius 1 is 1.46 bits per heavy atom. The Hall–Kier alpha value is -1.28. The van der Waals surface area contributed by atoms with Crippen molar-refractivity contribution in [2.75, 3.05) is 13.7 Å². The van der Waals surface area contributed by atoms with Crippen LogP contribution in [0.25, 0.3) is 0 Å². The van der Waals surface area contributed by atoms with Crippen molar-refractivity contribution in [2.24, 2.45) is 0 Å². The predicted molar refractivity (Wildman–Crippen MR) is 52.8 cm³/mol. The molecule has 0 atom stereocenters. The second-order valence-electron chi connectivity index (χ2n) is 2.66. The van der Waals surface area contributed by atoms with E-state index in [1.807, 2.05) is 24.3 Å². The lowest BCUT2D eigenvalue weighted by molar-refractivity contribution is 0.148. The third kappa shape index (κ3) is 3.30. The van der Waals surface area contributed by atoms with Crippen LogP contribution in [0, 0.1) is 0 Å². The zero-order valence-corrected chi connectivity index (χ0v) is 7.82. The average Bonchev–Trinajstić information content (AvgIpc) is 2.19. The molecule has 1 aromatic rings. The first-order valence-corrected chi connectivity index (χ1v) is 4.18. The molecule has 13 heavy (non-hydrogen) atoms. The first kappa shape index (κ1) is 9.81. The fourth-order valence-electron chi connectivity index (χ4n) is 1.02. The highest BCUT2D eigenvalue weighted by Gasteiger charge is 1.94. The molecule has 1 aromatic carbocycles. The van der Waals surface area contributed by atoms with Crippen LogP contribution in [0.3, 0.4) is 0 Å². The number of benzene rings is 1. The molecule has 2 heteroatoms. The molecular formula is C11H14O2. The molecule has 0 aliphatic carbocycles. The molecule has 2 nitrogen and oxygen atoms in total. The third-order valence-corrected chi connectivity index (χ3v) is 1.64. The minimum Gasteiger partial charge on any atom is -0.497 e. The highest BCUT2D eigenvalue weighted by atomic mass is 16.5. The van der Waals surface area contributed by atoms with E-state index in [1.165, 1.54) is 0 Å². The Morgan fingerprint density at radius 2 is 2.31 bits per heavy atom. The van der Waals surface area contributed by atoms with E-state index in [0.29, 0.717) is 13.2 Å². The molecule has 0 bridgehead atoms. The van der Waals surface area contributed by atoms with E-state index in [4.69, 9.17) is 9.47 Å². The van der Waals surface area contributed by atoms with Gasteiger partial charge >= 0.3 is 0 Å². The van der Waals surface area contributed by atoms with Gasteiger partial charge in [0.05, 0.1) is 20.3 Å². The van der Waals surface area contributed by atoms with Gasteiger partial charge in [0, 0.05) is 0 Å². The fraction of sp³-hybridized carbons (Fsp3) is 0.273. The topological polar surface area (TPSA) is 18.5 Å². The molecule has 1 rings (SSSR count). The average molecular weight is 178 g/mol. The summed E-state index contributed by atoms with van der Waals surface area (Å²) < 4.78 is 10.4. The highest BCUT2D eigenvalue weighted by Crippen LogP contribution is 2.12. The van der Waals surface area contributed by atoms with Gasteiger partial charge in [0.1, 0.15) is 5.75 Å². The van der Waals surface area contributed by atoms with E-state index in [2.05, 4.69) is 6.58 Å². The molecule has 0 aliphatic rings. The molecule has 0 fully saturated rings. The van der Waals surface area contributed by atoms with Crippen LogP contribution in [0.1, 0.15) is 5.56 Å². The van der Waals surface area contributed by atoms with E-state index in [9.17, 15) is 0 Å². The van der Waals surface area contributed by atoms with Gasteiger partial charge in [0.15, 0.2) is 0 Å². The second kappa shape index (κ2) is 5.38. The molecule has 0 saturated heterocycles. The van der Waals surface area contributed by atoms with Gasteiger partial charge in [0.2, 0.25) is 0 Å². The van der Waals surface area contributed by atoms with Gasteiger partial charge in [0.25, 0.3) is 0 Å². The largest absolute Gasteiger partial charge is 0.497 e. The van der Waals surface area contributed by atoms with Crippen molar-refractivity contribution in [3.8, 4) is 5.75 Å². The van der Waals surface area contributed by atoms with E-state index >= 15 is 0 Å². The lowest BCUT2D eigenvalue weighted by atomic mass is 10.2. The maximum atomic E-state index is 5.29. The summed E-state index contributed by atoms with van der Waals surface area (Å²) in [5, 5.41) is 0. The number of hydrogen-bond donors (Lipinski definition) is 0. The monoisotopic (exact) mass is 178 g/mol. The summed E-state index contributed by atoms with van der Waals surface area (Å²) in [5.74, 6) is 0.861. The van der Waals surface area contributed by atoms with Crippen LogP contribution in [0.2, 0.25) is 0 Å². The summed E-state index contributed by atoms with van der Waals surface area (Å²) in [6.07, 6.45) is 1.74.